The number of aliphatic hydroxyl groups excluding tert-OH is 1. The van der Waals surface area contributed by atoms with Gasteiger partial charge in [0.15, 0.2) is 0 Å². The summed E-state index contributed by atoms with van der Waals surface area (Å²) >= 11 is 0. The third-order valence-electron chi connectivity index (χ3n) is 2.87. The van der Waals surface area contributed by atoms with Crippen molar-refractivity contribution in [2.24, 2.45) is 5.92 Å². The lowest BCUT2D eigenvalue weighted by molar-refractivity contribution is 0.131. The van der Waals surface area contributed by atoms with Crippen LogP contribution in [0.5, 0.6) is 0 Å². The smallest absolute Gasteiger partial charge is 0.0852 e. The third kappa shape index (κ3) is 1.88. The molecule has 0 fully saturated rings. The summed E-state index contributed by atoms with van der Waals surface area (Å²) in [5, 5.41) is 10.1. The number of hydrogen-bond acceptors (Lipinski definition) is 1. The second-order valence-corrected chi connectivity index (χ2v) is 4.02. The van der Waals surface area contributed by atoms with Crippen molar-refractivity contribution in [2.45, 2.75) is 25.9 Å². The molecule has 0 saturated heterocycles. The van der Waals surface area contributed by atoms with E-state index in [4.69, 9.17) is 0 Å². The molecule has 1 aliphatic rings. The average molecular weight is 188 g/mol. The second kappa shape index (κ2) is 3.97. The maximum Gasteiger partial charge on any atom is 0.0852 e. The Morgan fingerprint density at radius 2 is 2.00 bits per heavy atom. The number of hydrogen-bond donors (Lipinski definition) is 1. The Hall–Kier alpha value is -1.08. The van der Waals surface area contributed by atoms with Gasteiger partial charge >= 0.3 is 0 Å². The van der Waals surface area contributed by atoms with Crippen LogP contribution >= 0.6 is 0 Å². The zero-order valence-electron chi connectivity index (χ0n) is 8.48. The van der Waals surface area contributed by atoms with Crippen LogP contribution in [-0.4, -0.2) is 5.11 Å². The van der Waals surface area contributed by atoms with Crippen LogP contribution in [0.4, 0.5) is 0 Å². The van der Waals surface area contributed by atoms with Crippen molar-refractivity contribution < 1.29 is 5.11 Å². The van der Waals surface area contributed by atoms with Crippen molar-refractivity contribution in [3.05, 3.63) is 47.5 Å². The molecular formula is C13H16O. The van der Waals surface area contributed by atoms with E-state index in [0.29, 0.717) is 5.92 Å². The Morgan fingerprint density at radius 1 is 1.29 bits per heavy atom. The van der Waals surface area contributed by atoms with Crippen LogP contribution in [0.2, 0.25) is 0 Å². The lowest BCUT2D eigenvalue weighted by atomic mass is 9.95. The van der Waals surface area contributed by atoms with Crippen molar-refractivity contribution in [1.29, 1.82) is 0 Å². The summed E-state index contributed by atoms with van der Waals surface area (Å²) in [4.78, 5) is 0. The van der Waals surface area contributed by atoms with Gasteiger partial charge in [-0.25, -0.2) is 0 Å². The molecule has 0 bridgehead atoms. The monoisotopic (exact) mass is 188 g/mol. The van der Waals surface area contributed by atoms with Crippen LogP contribution in [0.1, 0.15) is 30.1 Å². The van der Waals surface area contributed by atoms with Gasteiger partial charge < -0.3 is 5.11 Å². The molecule has 74 valence electrons. The molecule has 0 heterocycles. The lowest BCUT2D eigenvalue weighted by Gasteiger charge is -2.16. The van der Waals surface area contributed by atoms with Gasteiger partial charge in [-0.1, -0.05) is 42.0 Å². The average Bonchev–Trinajstić information content (AvgIpc) is 2.71. The molecule has 1 aromatic rings. The Labute approximate surface area is 85.1 Å². The van der Waals surface area contributed by atoms with Gasteiger partial charge in [-0.2, -0.15) is 0 Å². The number of benzene rings is 1. The van der Waals surface area contributed by atoms with E-state index in [1.165, 1.54) is 5.56 Å². The van der Waals surface area contributed by atoms with Crippen LogP contribution in [0.25, 0.3) is 0 Å². The Balaban J connectivity index is 2.14. The van der Waals surface area contributed by atoms with Crippen molar-refractivity contribution in [3.8, 4) is 0 Å². The van der Waals surface area contributed by atoms with Crippen LogP contribution in [0.3, 0.4) is 0 Å². The highest BCUT2D eigenvalue weighted by molar-refractivity contribution is 5.24. The summed E-state index contributed by atoms with van der Waals surface area (Å²) < 4.78 is 0. The first-order valence-electron chi connectivity index (χ1n) is 5.18. The van der Waals surface area contributed by atoms with Gasteiger partial charge in [0, 0.05) is 5.92 Å². The molecule has 1 N–H and O–H groups in total. The maximum absolute atomic E-state index is 10.1. The topological polar surface area (TPSA) is 20.2 Å². The quantitative estimate of drug-likeness (QED) is 0.707. The molecule has 2 rings (SSSR count). The normalized spacial score (nSPS) is 22.6. The number of aryl methyl sites for hydroxylation is 1. The van der Waals surface area contributed by atoms with Crippen LogP contribution in [0.15, 0.2) is 36.4 Å². The zero-order valence-corrected chi connectivity index (χ0v) is 8.48. The molecule has 0 spiro atoms. The molecule has 0 saturated carbocycles. The maximum atomic E-state index is 10.1. The summed E-state index contributed by atoms with van der Waals surface area (Å²) in [6.45, 7) is 2.06. The van der Waals surface area contributed by atoms with Crippen molar-refractivity contribution in [3.63, 3.8) is 0 Å². The molecule has 0 amide bonds. The van der Waals surface area contributed by atoms with Crippen LogP contribution in [-0.2, 0) is 0 Å². The first-order valence-corrected chi connectivity index (χ1v) is 5.18. The SMILES string of the molecule is Cc1ccc([C@H](O)[C@@H]2C=CCC2)cc1. The first kappa shape index (κ1) is 9.47. The number of rotatable bonds is 2. The predicted molar refractivity (Wildman–Crippen MR) is 58.0 cm³/mol. The Bertz CT molecular complexity index is 324. The Kier molecular flexibility index (Phi) is 2.69. The summed E-state index contributed by atoms with van der Waals surface area (Å²) in [5.74, 6) is 0.317. The molecule has 0 unspecified atom stereocenters. The van der Waals surface area contributed by atoms with E-state index in [1.807, 2.05) is 12.1 Å². The van der Waals surface area contributed by atoms with Gasteiger partial charge in [0.1, 0.15) is 0 Å². The largest absolute Gasteiger partial charge is 0.388 e. The van der Waals surface area contributed by atoms with Crippen molar-refractivity contribution in [1.82, 2.24) is 0 Å². The van der Waals surface area contributed by atoms with E-state index < -0.39 is 0 Å². The number of aliphatic hydroxyl groups is 1. The van der Waals surface area contributed by atoms with Gasteiger partial charge in [-0.15, -0.1) is 0 Å². The van der Waals surface area contributed by atoms with E-state index >= 15 is 0 Å². The predicted octanol–water partition coefficient (Wildman–Crippen LogP) is 2.99. The molecule has 2 atom stereocenters. The lowest BCUT2D eigenvalue weighted by Crippen LogP contribution is -2.07. The molecule has 0 aliphatic heterocycles. The zero-order chi connectivity index (χ0) is 9.97. The molecule has 0 radical (unpaired) electrons. The second-order valence-electron chi connectivity index (χ2n) is 4.02. The fourth-order valence-electron chi connectivity index (χ4n) is 1.93. The highest BCUT2D eigenvalue weighted by Gasteiger charge is 2.20. The van der Waals surface area contributed by atoms with E-state index in [0.717, 1.165) is 18.4 Å². The molecule has 0 aromatic heterocycles. The minimum atomic E-state index is -0.325. The van der Waals surface area contributed by atoms with Gasteiger partial charge in [-0.05, 0) is 25.3 Å². The summed E-state index contributed by atoms with van der Waals surface area (Å²) in [6.07, 6.45) is 6.14. The Morgan fingerprint density at radius 3 is 2.57 bits per heavy atom. The molecule has 1 heteroatoms. The van der Waals surface area contributed by atoms with Gasteiger partial charge in [0.05, 0.1) is 6.10 Å². The van der Waals surface area contributed by atoms with Gasteiger partial charge in [-0.3, -0.25) is 0 Å². The highest BCUT2D eigenvalue weighted by Crippen LogP contribution is 2.30. The summed E-state index contributed by atoms with van der Waals surface area (Å²) in [6, 6.07) is 8.15. The van der Waals surface area contributed by atoms with Crippen molar-refractivity contribution >= 4 is 0 Å². The van der Waals surface area contributed by atoms with Gasteiger partial charge in [0.2, 0.25) is 0 Å². The van der Waals surface area contributed by atoms with E-state index in [2.05, 4.69) is 31.2 Å². The fourth-order valence-corrected chi connectivity index (χ4v) is 1.93. The van der Waals surface area contributed by atoms with Crippen LogP contribution in [0, 0.1) is 12.8 Å². The minimum Gasteiger partial charge on any atom is -0.388 e. The molecule has 1 aromatic carbocycles. The van der Waals surface area contributed by atoms with Gasteiger partial charge in [0.25, 0.3) is 0 Å². The fraction of sp³-hybridized carbons (Fsp3) is 0.385. The third-order valence-corrected chi connectivity index (χ3v) is 2.87. The first-order chi connectivity index (χ1) is 6.77. The molecule has 1 nitrogen and oxygen atoms in total. The van der Waals surface area contributed by atoms with E-state index in [1.54, 1.807) is 0 Å². The number of allylic oxidation sites excluding steroid dienone is 1. The highest BCUT2D eigenvalue weighted by atomic mass is 16.3. The van der Waals surface area contributed by atoms with E-state index in [-0.39, 0.29) is 6.10 Å². The molecule has 1 aliphatic carbocycles. The van der Waals surface area contributed by atoms with Crippen LogP contribution < -0.4 is 0 Å². The van der Waals surface area contributed by atoms with E-state index in [9.17, 15) is 5.11 Å². The summed E-state index contributed by atoms with van der Waals surface area (Å²) in [5.41, 5.74) is 2.27. The standard InChI is InChI=1S/C13H16O/c1-10-6-8-12(9-7-10)13(14)11-4-2-3-5-11/h2,4,6-9,11,13-14H,3,5H2,1H3/t11-,13-/m1/s1. The summed E-state index contributed by atoms with van der Waals surface area (Å²) in [7, 11) is 0. The van der Waals surface area contributed by atoms with Crippen molar-refractivity contribution in [2.75, 3.05) is 0 Å². The molecular weight excluding hydrogens is 172 g/mol. The minimum absolute atomic E-state index is 0.317. The molecule has 14 heavy (non-hydrogen) atoms.